The van der Waals surface area contributed by atoms with Gasteiger partial charge in [-0.05, 0) is 36.3 Å². The van der Waals surface area contributed by atoms with E-state index in [1.54, 1.807) is 7.11 Å². The Morgan fingerprint density at radius 1 is 1.11 bits per heavy atom. The third-order valence-corrected chi connectivity index (χ3v) is 5.37. The van der Waals surface area contributed by atoms with Gasteiger partial charge in [0.2, 0.25) is 5.91 Å². The summed E-state index contributed by atoms with van der Waals surface area (Å²) in [5, 5.41) is 5.89. The normalized spacial score (nSPS) is 13.3. The zero-order valence-electron chi connectivity index (χ0n) is 15.6. The summed E-state index contributed by atoms with van der Waals surface area (Å²) in [4.78, 5) is 16.6. The lowest BCUT2D eigenvalue weighted by Crippen LogP contribution is -2.43. The summed E-state index contributed by atoms with van der Waals surface area (Å²) in [6.45, 7) is 3.49. The molecule has 1 unspecified atom stereocenters. The molecule has 1 N–H and O–H groups in total. The van der Waals surface area contributed by atoms with Crippen molar-refractivity contribution in [2.24, 2.45) is 0 Å². The number of rotatable bonds is 6. The van der Waals surface area contributed by atoms with Gasteiger partial charge in [0.05, 0.1) is 12.8 Å². The molecule has 0 spiro atoms. The highest BCUT2D eigenvalue weighted by Crippen LogP contribution is 2.33. The lowest BCUT2D eigenvalue weighted by molar-refractivity contribution is -0.120. The van der Waals surface area contributed by atoms with Gasteiger partial charge in [0.1, 0.15) is 16.3 Å². The van der Waals surface area contributed by atoms with Crippen LogP contribution in [0.3, 0.4) is 0 Å². The maximum absolute atomic E-state index is 11.9. The largest absolute Gasteiger partial charge is 0.497 e. The molecule has 0 bridgehead atoms. The molecule has 138 valence electrons. The van der Waals surface area contributed by atoms with Crippen molar-refractivity contribution in [2.45, 2.75) is 19.4 Å². The number of aromatic nitrogens is 1. The Balaban J connectivity index is 1.92. The number of benzene rings is 2. The highest BCUT2D eigenvalue weighted by Gasteiger charge is 2.33. The molecule has 1 atom stereocenters. The van der Waals surface area contributed by atoms with E-state index < -0.39 is 5.54 Å². The Morgan fingerprint density at radius 3 is 2.44 bits per heavy atom. The van der Waals surface area contributed by atoms with Crippen molar-refractivity contribution in [2.75, 3.05) is 7.11 Å². The number of ether oxygens (including phenoxy) is 1. The van der Waals surface area contributed by atoms with Crippen LogP contribution in [0.1, 0.15) is 35.7 Å². The van der Waals surface area contributed by atoms with Crippen molar-refractivity contribution in [1.29, 1.82) is 0 Å². The van der Waals surface area contributed by atoms with Crippen molar-refractivity contribution in [3.8, 4) is 5.75 Å². The van der Waals surface area contributed by atoms with Crippen LogP contribution in [0.4, 0.5) is 0 Å². The van der Waals surface area contributed by atoms with Crippen molar-refractivity contribution >= 4 is 29.4 Å². The summed E-state index contributed by atoms with van der Waals surface area (Å²) in [5.74, 6) is 0.666. The second kappa shape index (κ2) is 8.18. The van der Waals surface area contributed by atoms with E-state index in [0.29, 0.717) is 0 Å². The fraction of sp³-hybridized carbons (Fsp3) is 0.182. The van der Waals surface area contributed by atoms with Gasteiger partial charge in [-0.15, -0.1) is 11.3 Å². The molecule has 0 saturated heterocycles. The molecule has 2 aromatic carbocycles. The van der Waals surface area contributed by atoms with Crippen molar-refractivity contribution < 1.29 is 9.53 Å². The maximum Gasteiger partial charge on any atom is 0.217 e. The smallest absolute Gasteiger partial charge is 0.217 e. The zero-order chi connectivity index (χ0) is 19.3. The SMILES string of the molecule is COc1ccc(C(C)(NC(C)=O)c2nc(/C=C/c3ccccc3)cs2)cc1. The summed E-state index contributed by atoms with van der Waals surface area (Å²) >= 11 is 1.53. The highest BCUT2D eigenvalue weighted by atomic mass is 32.1. The van der Waals surface area contributed by atoms with Crippen LogP contribution < -0.4 is 10.1 Å². The van der Waals surface area contributed by atoms with Gasteiger partial charge in [0.25, 0.3) is 0 Å². The van der Waals surface area contributed by atoms with Gasteiger partial charge >= 0.3 is 0 Å². The predicted molar refractivity (Wildman–Crippen MR) is 111 cm³/mol. The lowest BCUT2D eigenvalue weighted by Gasteiger charge is -2.29. The van der Waals surface area contributed by atoms with E-state index in [9.17, 15) is 4.79 Å². The van der Waals surface area contributed by atoms with Crippen LogP contribution in [0.5, 0.6) is 5.75 Å². The molecule has 0 aliphatic heterocycles. The minimum Gasteiger partial charge on any atom is -0.497 e. The first-order valence-corrected chi connectivity index (χ1v) is 9.51. The van der Waals surface area contributed by atoms with Crippen LogP contribution in [-0.2, 0) is 10.3 Å². The lowest BCUT2D eigenvalue weighted by atomic mass is 9.92. The molecule has 0 aliphatic carbocycles. The second-order valence-electron chi connectivity index (χ2n) is 6.36. The molecule has 0 saturated carbocycles. The van der Waals surface area contributed by atoms with Gasteiger partial charge in [-0.2, -0.15) is 0 Å². The first kappa shape index (κ1) is 18.9. The fourth-order valence-electron chi connectivity index (χ4n) is 2.86. The molecule has 0 fully saturated rings. The molecule has 1 aromatic heterocycles. The van der Waals surface area contributed by atoms with Crippen molar-refractivity contribution in [3.63, 3.8) is 0 Å². The monoisotopic (exact) mass is 378 g/mol. The van der Waals surface area contributed by atoms with E-state index in [2.05, 4.69) is 5.32 Å². The minimum atomic E-state index is -0.707. The highest BCUT2D eigenvalue weighted by molar-refractivity contribution is 7.10. The maximum atomic E-state index is 11.9. The van der Waals surface area contributed by atoms with Crippen LogP contribution in [0.25, 0.3) is 12.2 Å². The molecule has 5 heteroatoms. The molecular weight excluding hydrogens is 356 g/mol. The molecule has 1 heterocycles. The molecule has 3 rings (SSSR count). The average Bonchev–Trinajstić information content (AvgIpc) is 3.16. The van der Waals surface area contributed by atoms with Crippen LogP contribution in [0.15, 0.2) is 60.0 Å². The van der Waals surface area contributed by atoms with Crippen molar-refractivity contribution in [1.82, 2.24) is 10.3 Å². The number of nitrogens with one attached hydrogen (secondary N) is 1. The standard InChI is InChI=1S/C22H22N2O2S/c1-16(25)24-22(2,18-10-13-20(26-3)14-11-18)21-23-19(15-27-21)12-9-17-7-5-4-6-8-17/h4-15H,1-3H3,(H,24,25)/b12-9+. The van der Waals surface area contributed by atoms with E-state index in [1.807, 2.05) is 79.1 Å². The third-order valence-electron chi connectivity index (χ3n) is 4.29. The number of hydrogen-bond donors (Lipinski definition) is 1. The Labute approximate surface area is 163 Å². The van der Waals surface area contributed by atoms with Gasteiger partial charge in [-0.25, -0.2) is 4.98 Å². The van der Waals surface area contributed by atoms with Crippen LogP contribution in [0, 0.1) is 0 Å². The summed E-state index contributed by atoms with van der Waals surface area (Å²) in [5.41, 5.74) is 2.23. The molecule has 1 amide bonds. The molecule has 0 aliphatic rings. The van der Waals surface area contributed by atoms with E-state index in [0.717, 1.165) is 27.6 Å². The predicted octanol–water partition coefficient (Wildman–Crippen LogP) is 4.72. The van der Waals surface area contributed by atoms with Crippen LogP contribution in [0.2, 0.25) is 0 Å². The summed E-state index contributed by atoms with van der Waals surface area (Å²) in [6, 6.07) is 17.8. The first-order valence-electron chi connectivity index (χ1n) is 8.63. The first-order chi connectivity index (χ1) is 13.0. The number of hydrogen-bond acceptors (Lipinski definition) is 4. The molecule has 3 aromatic rings. The Kier molecular flexibility index (Phi) is 5.72. The number of nitrogens with zero attached hydrogens (tertiary/aromatic N) is 1. The molecule has 27 heavy (non-hydrogen) atoms. The number of amides is 1. The van der Waals surface area contributed by atoms with E-state index >= 15 is 0 Å². The average molecular weight is 378 g/mol. The summed E-state index contributed by atoms with van der Waals surface area (Å²) in [6.07, 6.45) is 4.01. The van der Waals surface area contributed by atoms with Crippen LogP contribution in [-0.4, -0.2) is 18.0 Å². The van der Waals surface area contributed by atoms with E-state index in [-0.39, 0.29) is 5.91 Å². The molecule has 0 radical (unpaired) electrons. The van der Waals surface area contributed by atoms with Crippen LogP contribution >= 0.6 is 11.3 Å². The number of methoxy groups -OCH3 is 1. The number of thiazole rings is 1. The van der Waals surface area contributed by atoms with Crippen molar-refractivity contribution in [3.05, 3.63) is 81.8 Å². The topological polar surface area (TPSA) is 51.2 Å². The zero-order valence-corrected chi connectivity index (χ0v) is 16.4. The van der Waals surface area contributed by atoms with Gasteiger partial charge in [0, 0.05) is 12.3 Å². The fourth-order valence-corrected chi connectivity index (χ4v) is 3.79. The summed E-state index contributed by atoms with van der Waals surface area (Å²) < 4.78 is 5.24. The van der Waals surface area contributed by atoms with E-state index in [4.69, 9.17) is 9.72 Å². The van der Waals surface area contributed by atoms with Gasteiger partial charge in [-0.3, -0.25) is 4.79 Å². The Morgan fingerprint density at radius 2 is 1.81 bits per heavy atom. The van der Waals surface area contributed by atoms with Gasteiger partial charge in [0.15, 0.2) is 0 Å². The summed E-state index contributed by atoms with van der Waals surface area (Å²) in [7, 11) is 1.63. The second-order valence-corrected chi connectivity index (χ2v) is 7.21. The van der Waals surface area contributed by atoms with E-state index in [1.165, 1.54) is 18.3 Å². The Hall–Kier alpha value is -2.92. The minimum absolute atomic E-state index is 0.107. The van der Waals surface area contributed by atoms with Gasteiger partial charge < -0.3 is 10.1 Å². The third kappa shape index (κ3) is 4.44. The quantitative estimate of drug-likeness (QED) is 0.675. The number of carbonyl (C=O) groups is 1. The van der Waals surface area contributed by atoms with Gasteiger partial charge in [-0.1, -0.05) is 48.5 Å². The Bertz CT molecular complexity index is 932. The number of carbonyl (C=O) groups excluding carboxylic acids is 1. The molecule has 4 nitrogen and oxygen atoms in total. The molecular formula is C22H22N2O2S.